The summed E-state index contributed by atoms with van der Waals surface area (Å²) >= 11 is 7.29. The van der Waals surface area contributed by atoms with E-state index in [1.54, 1.807) is 0 Å². The lowest BCUT2D eigenvalue weighted by atomic mass is 9.43. The smallest absolute Gasteiger partial charge is 0.232 e. The van der Waals surface area contributed by atoms with E-state index in [9.17, 15) is 4.79 Å². The van der Waals surface area contributed by atoms with Gasteiger partial charge in [0.15, 0.2) is 0 Å². The number of hydrogen-bond donors (Lipinski definition) is 1. The molecule has 3 aliphatic carbocycles. The number of nitrogens with one attached hydrogen (secondary N) is 1. The molecule has 3 aliphatic rings. The second-order valence-electron chi connectivity index (χ2n) is 6.81. The number of carbonyl (C=O) groups excluding carboxylic acids is 1. The monoisotopic (exact) mass is 399 g/mol. The lowest BCUT2D eigenvalue weighted by Gasteiger charge is -2.64. The van der Waals surface area contributed by atoms with Crippen molar-refractivity contribution in [1.29, 1.82) is 0 Å². The van der Waals surface area contributed by atoms with Crippen LogP contribution >= 0.6 is 31.9 Å². The molecule has 108 valence electrons. The van der Waals surface area contributed by atoms with Crippen LogP contribution in [0.25, 0.3) is 0 Å². The van der Waals surface area contributed by atoms with E-state index in [0.29, 0.717) is 0 Å². The molecule has 0 spiro atoms. The zero-order valence-corrected chi connectivity index (χ0v) is 15.1. The van der Waals surface area contributed by atoms with E-state index in [-0.39, 0.29) is 27.0 Å². The SMILES string of the molecule is CC1(C)[C@]2(C)CC[C@@]1(C(=O)Nc1ccccc1Br)[C@H]2Br. The fourth-order valence-electron chi connectivity index (χ4n) is 4.25. The van der Waals surface area contributed by atoms with Crippen molar-refractivity contribution in [2.45, 2.75) is 38.4 Å². The van der Waals surface area contributed by atoms with Gasteiger partial charge in [0.1, 0.15) is 0 Å². The van der Waals surface area contributed by atoms with Crippen molar-refractivity contribution in [3.63, 3.8) is 0 Å². The number of fused-ring (bicyclic) bond motifs is 1. The number of carbonyl (C=O) groups is 1. The van der Waals surface area contributed by atoms with Gasteiger partial charge in [0.25, 0.3) is 0 Å². The standard InChI is InChI=1S/C16H19Br2NO/c1-14(2)15(3)8-9-16(14,12(15)18)13(20)19-11-7-5-4-6-10(11)17/h4-7,12H,8-9H2,1-3H3,(H,19,20)/t12-,15+,16-/m0/s1. The molecule has 3 saturated carbocycles. The lowest BCUT2D eigenvalue weighted by molar-refractivity contribution is -0.156. The Morgan fingerprint density at radius 1 is 1.25 bits per heavy atom. The molecule has 1 N–H and O–H groups in total. The molecule has 1 aromatic carbocycles. The Bertz CT molecular complexity index is 586. The molecule has 0 heterocycles. The number of hydrogen-bond acceptors (Lipinski definition) is 1. The fourth-order valence-corrected chi connectivity index (χ4v) is 6.45. The molecule has 4 heteroatoms. The van der Waals surface area contributed by atoms with E-state index in [0.717, 1.165) is 23.0 Å². The predicted octanol–water partition coefficient (Wildman–Crippen LogP) is 4.98. The second-order valence-corrected chi connectivity index (χ2v) is 8.58. The van der Waals surface area contributed by atoms with Crippen LogP contribution in [-0.2, 0) is 4.79 Å². The summed E-state index contributed by atoms with van der Waals surface area (Å²) in [7, 11) is 0. The molecule has 2 nitrogen and oxygen atoms in total. The van der Waals surface area contributed by atoms with Crippen molar-refractivity contribution in [3.8, 4) is 0 Å². The molecule has 3 atom stereocenters. The Morgan fingerprint density at radius 2 is 1.90 bits per heavy atom. The molecule has 0 aromatic heterocycles. The topological polar surface area (TPSA) is 29.1 Å². The van der Waals surface area contributed by atoms with Crippen LogP contribution in [0.4, 0.5) is 5.69 Å². The van der Waals surface area contributed by atoms with Crippen molar-refractivity contribution >= 4 is 43.5 Å². The van der Waals surface area contributed by atoms with Gasteiger partial charge in [0.05, 0.1) is 11.1 Å². The van der Waals surface area contributed by atoms with Gasteiger partial charge in [-0.15, -0.1) is 0 Å². The summed E-state index contributed by atoms with van der Waals surface area (Å²) in [6.07, 6.45) is 2.07. The van der Waals surface area contributed by atoms with Crippen LogP contribution in [0, 0.1) is 16.2 Å². The highest BCUT2D eigenvalue weighted by Crippen LogP contribution is 2.79. The molecule has 1 aromatic rings. The average Bonchev–Trinajstić information content (AvgIpc) is 2.80. The summed E-state index contributed by atoms with van der Waals surface area (Å²) < 4.78 is 0.925. The van der Waals surface area contributed by atoms with E-state index in [1.807, 2.05) is 24.3 Å². The van der Waals surface area contributed by atoms with E-state index in [1.165, 1.54) is 0 Å². The number of para-hydroxylation sites is 1. The van der Waals surface area contributed by atoms with Gasteiger partial charge in [-0.1, -0.05) is 48.8 Å². The van der Waals surface area contributed by atoms with Gasteiger partial charge >= 0.3 is 0 Å². The van der Waals surface area contributed by atoms with Crippen molar-refractivity contribution in [2.75, 3.05) is 5.32 Å². The molecule has 1 amide bonds. The van der Waals surface area contributed by atoms with Crippen LogP contribution in [0.5, 0.6) is 0 Å². The van der Waals surface area contributed by atoms with Crippen LogP contribution in [0.2, 0.25) is 0 Å². The number of benzene rings is 1. The van der Waals surface area contributed by atoms with Gasteiger partial charge in [-0.05, 0) is 51.7 Å². The molecule has 4 rings (SSSR count). The highest BCUT2D eigenvalue weighted by atomic mass is 79.9. The van der Waals surface area contributed by atoms with Gasteiger partial charge in [0.2, 0.25) is 5.91 Å². The van der Waals surface area contributed by atoms with Crippen LogP contribution in [-0.4, -0.2) is 10.7 Å². The summed E-state index contributed by atoms with van der Waals surface area (Å²) in [5.74, 6) is 0.145. The highest BCUT2D eigenvalue weighted by molar-refractivity contribution is 9.10. The number of amides is 1. The van der Waals surface area contributed by atoms with Crippen LogP contribution in [0.15, 0.2) is 28.7 Å². The molecule has 2 bridgehead atoms. The second kappa shape index (κ2) is 4.33. The van der Waals surface area contributed by atoms with E-state index < -0.39 is 0 Å². The first kappa shape index (κ1) is 14.6. The first-order chi connectivity index (χ1) is 9.27. The summed E-state index contributed by atoms with van der Waals surface area (Å²) in [4.78, 5) is 13.2. The maximum absolute atomic E-state index is 12.9. The van der Waals surface area contributed by atoms with Gasteiger partial charge in [0, 0.05) is 9.30 Å². The Kier molecular flexibility index (Phi) is 3.15. The predicted molar refractivity (Wildman–Crippen MR) is 89.0 cm³/mol. The van der Waals surface area contributed by atoms with Crippen LogP contribution in [0.3, 0.4) is 0 Å². The third kappa shape index (κ3) is 1.47. The normalized spacial score (nSPS) is 37.4. The van der Waals surface area contributed by atoms with Crippen molar-refractivity contribution in [3.05, 3.63) is 28.7 Å². The summed E-state index contributed by atoms with van der Waals surface area (Å²) in [6.45, 7) is 6.76. The molecular weight excluding hydrogens is 382 g/mol. The maximum atomic E-state index is 12.9. The Balaban J connectivity index is 1.91. The number of rotatable bonds is 2. The molecule has 20 heavy (non-hydrogen) atoms. The molecule has 0 saturated heterocycles. The minimum atomic E-state index is -0.295. The largest absolute Gasteiger partial charge is 0.325 e. The van der Waals surface area contributed by atoms with E-state index >= 15 is 0 Å². The van der Waals surface area contributed by atoms with E-state index in [2.05, 4.69) is 57.9 Å². The zero-order chi connectivity index (χ0) is 14.8. The highest BCUT2D eigenvalue weighted by Gasteiger charge is 2.80. The summed E-state index contributed by atoms with van der Waals surface area (Å²) in [5, 5.41) is 3.12. The van der Waals surface area contributed by atoms with Crippen molar-refractivity contribution in [2.24, 2.45) is 16.2 Å². The third-order valence-corrected chi connectivity index (χ3v) is 8.58. The Hall–Kier alpha value is -0.350. The lowest BCUT2D eigenvalue weighted by Crippen LogP contribution is -2.68. The van der Waals surface area contributed by atoms with Gasteiger partial charge in [-0.3, -0.25) is 4.79 Å². The molecule has 0 unspecified atom stereocenters. The van der Waals surface area contributed by atoms with Crippen LogP contribution < -0.4 is 5.32 Å². The Labute approximate surface area is 137 Å². The molecule has 3 fully saturated rings. The maximum Gasteiger partial charge on any atom is 0.232 e. The van der Waals surface area contributed by atoms with Crippen LogP contribution in [0.1, 0.15) is 33.6 Å². The van der Waals surface area contributed by atoms with E-state index in [4.69, 9.17) is 0 Å². The van der Waals surface area contributed by atoms with Gasteiger partial charge in [-0.25, -0.2) is 0 Å². The molecule has 0 aliphatic heterocycles. The first-order valence-corrected chi connectivity index (χ1v) is 8.68. The summed E-state index contributed by atoms with van der Waals surface area (Å²) in [5.41, 5.74) is 0.803. The fraction of sp³-hybridized carbons (Fsp3) is 0.562. The first-order valence-electron chi connectivity index (χ1n) is 6.97. The number of anilines is 1. The zero-order valence-electron chi connectivity index (χ0n) is 12.0. The Morgan fingerprint density at radius 3 is 2.40 bits per heavy atom. The van der Waals surface area contributed by atoms with Crippen molar-refractivity contribution in [1.82, 2.24) is 0 Å². The van der Waals surface area contributed by atoms with Gasteiger partial charge in [-0.2, -0.15) is 0 Å². The minimum Gasteiger partial charge on any atom is -0.325 e. The van der Waals surface area contributed by atoms with Gasteiger partial charge < -0.3 is 5.32 Å². The number of alkyl halides is 1. The molecular formula is C16H19Br2NO. The average molecular weight is 401 g/mol. The van der Waals surface area contributed by atoms with Crippen molar-refractivity contribution < 1.29 is 4.79 Å². The minimum absolute atomic E-state index is 0.0273. The third-order valence-electron chi connectivity index (χ3n) is 6.10. The summed E-state index contributed by atoms with van der Waals surface area (Å²) in [6, 6.07) is 7.77. The quantitative estimate of drug-likeness (QED) is 0.697. The number of halogens is 2. The molecule has 0 radical (unpaired) electrons.